The highest BCUT2D eigenvalue weighted by Gasteiger charge is 2.22. The van der Waals surface area contributed by atoms with Gasteiger partial charge in [0.1, 0.15) is 0 Å². The third kappa shape index (κ3) is 6.60. The molecule has 6 nitrogen and oxygen atoms in total. The number of rotatable bonds is 6. The minimum absolute atomic E-state index is 0.0612. The normalized spacial score (nSPS) is 11.1. The molecule has 0 aliphatic carbocycles. The quantitative estimate of drug-likeness (QED) is 0.643. The van der Waals surface area contributed by atoms with Gasteiger partial charge in [0.05, 0.1) is 25.6 Å². The van der Waals surface area contributed by atoms with Crippen LogP contribution in [-0.4, -0.2) is 32.4 Å². The van der Waals surface area contributed by atoms with Gasteiger partial charge in [-0.2, -0.15) is 0 Å². The maximum atomic E-state index is 10.8. The van der Waals surface area contributed by atoms with Gasteiger partial charge in [-0.15, -0.1) is 0 Å². The predicted octanol–water partition coefficient (Wildman–Crippen LogP) is 2.00. The van der Waals surface area contributed by atoms with E-state index < -0.39 is 17.9 Å². The summed E-state index contributed by atoms with van der Waals surface area (Å²) in [6.07, 6.45) is -0.390. The second-order valence-corrected chi connectivity index (χ2v) is 5.03. The topological polar surface area (TPSA) is 115 Å². The Balaban J connectivity index is 0.000000254. The van der Waals surface area contributed by atoms with E-state index >= 15 is 0 Å². The third-order valence-corrected chi connectivity index (χ3v) is 3.27. The first-order valence-electron chi connectivity index (χ1n) is 7.27. The molecule has 128 valence electrons. The summed E-state index contributed by atoms with van der Waals surface area (Å²) in [6.45, 7) is 0.122. The van der Waals surface area contributed by atoms with Crippen LogP contribution in [0.15, 0.2) is 54.6 Å². The Morgan fingerprint density at radius 2 is 1.25 bits per heavy atom. The molecule has 24 heavy (non-hydrogen) atoms. The highest BCUT2D eigenvalue weighted by atomic mass is 16.4. The largest absolute Gasteiger partial charge is 0.481 e. The number of aliphatic hydroxyl groups excluding tert-OH is 2. The molecule has 0 saturated carbocycles. The van der Waals surface area contributed by atoms with Crippen LogP contribution in [-0.2, 0) is 22.8 Å². The summed E-state index contributed by atoms with van der Waals surface area (Å²) in [7, 11) is 0. The van der Waals surface area contributed by atoms with Crippen molar-refractivity contribution in [2.45, 2.75) is 25.6 Å². The van der Waals surface area contributed by atoms with Gasteiger partial charge in [-0.05, 0) is 16.7 Å². The van der Waals surface area contributed by atoms with E-state index in [1.54, 1.807) is 54.6 Å². The van der Waals surface area contributed by atoms with Crippen molar-refractivity contribution < 1.29 is 30.0 Å². The third-order valence-electron chi connectivity index (χ3n) is 3.27. The number of carbonyl (C=O) groups is 2. The van der Waals surface area contributed by atoms with Gasteiger partial charge in [0.2, 0.25) is 0 Å². The van der Waals surface area contributed by atoms with Crippen molar-refractivity contribution in [3.05, 3.63) is 71.3 Å². The first-order valence-corrected chi connectivity index (χ1v) is 7.27. The van der Waals surface area contributed by atoms with Gasteiger partial charge in [-0.1, -0.05) is 54.6 Å². The molecule has 1 atom stereocenters. The zero-order valence-corrected chi connectivity index (χ0v) is 13.0. The van der Waals surface area contributed by atoms with Gasteiger partial charge in [0.15, 0.2) is 0 Å². The van der Waals surface area contributed by atoms with Crippen LogP contribution < -0.4 is 0 Å². The number of aliphatic hydroxyl groups is 2. The van der Waals surface area contributed by atoms with Gasteiger partial charge >= 0.3 is 11.9 Å². The predicted molar refractivity (Wildman–Crippen MR) is 87.4 cm³/mol. The van der Waals surface area contributed by atoms with E-state index in [4.69, 9.17) is 20.4 Å². The summed E-state index contributed by atoms with van der Waals surface area (Å²) >= 11 is 0. The zero-order valence-electron chi connectivity index (χ0n) is 13.0. The molecule has 0 amide bonds. The van der Waals surface area contributed by atoms with Gasteiger partial charge in [0.25, 0.3) is 0 Å². The van der Waals surface area contributed by atoms with Crippen molar-refractivity contribution in [2.24, 2.45) is 0 Å². The molecule has 0 bridgehead atoms. The van der Waals surface area contributed by atoms with Crippen molar-refractivity contribution in [1.82, 2.24) is 0 Å². The summed E-state index contributed by atoms with van der Waals surface area (Å²) in [6, 6.07) is 15.5. The van der Waals surface area contributed by atoms with E-state index in [1.807, 2.05) is 0 Å². The maximum Gasteiger partial charge on any atom is 0.311 e. The van der Waals surface area contributed by atoms with E-state index in [0.29, 0.717) is 5.56 Å². The molecule has 2 aromatic rings. The van der Waals surface area contributed by atoms with E-state index in [1.165, 1.54) is 0 Å². The molecule has 1 unspecified atom stereocenters. The maximum absolute atomic E-state index is 10.8. The molecule has 0 saturated heterocycles. The fourth-order valence-corrected chi connectivity index (χ4v) is 1.96. The van der Waals surface area contributed by atoms with Crippen molar-refractivity contribution in [3.63, 3.8) is 0 Å². The van der Waals surface area contributed by atoms with Crippen molar-refractivity contribution in [2.75, 3.05) is 0 Å². The van der Waals surface area contributed by atoms with Crippen LogP contribution in [0.3, 0.4) is 0 Å². The standard InChI is InChI=1S/C10H10O4.C8H10O2/c11-9(12)6-8(10(13)14)7-4-2-1-3-5-7;9-5-7-1-2-8(6-10)4-3-7/h1-5,8H,6H2,(H,11,12)(H,13,14);1-4,9-10H,5-6H2. The van der Waals surface area contributed by atoms with Crippen LogP contribution in [0.1, 0.15) is 29.0 Å². The molecular formula is C18H20O6. The first kappa shape index (κ1) is 19.3. The van der Waals surface area contributed by atoms with Crippen LogP contribution in [0, 0.1) is 0 Å². The lowest BCUT2D eigenvalue weighted by atomic mass is 9.96. The Bertz CT molecular complexity index is 613. The molecule has 0 fully saturated rings. The lowest BCUT2D eigenvalue weighted by Gasteiger charge is -2.09. The van der Waals surface area contributed by atoms with Crippen LogP contribution in [0.4, 0.5) is 0 Å². The first-order chi connectivity index (χ1) is 11.5. The Hall–Kier alpha value is -2.70. The average molecular weight is 332 g/mol. The Morgan fingerprint density at radius 1 is 0.792 bits per heavy atom. The number of carboxylic acid groups (broad SMARTS) is 2. The fourth-order valence-electron chi connectivity index (χ4n) is 1.96. The molecule has 0 heterocycles. The lowest BCUT2D eigenvalue weighted by Crippen LogP contribution is -2.15. The van der Waals surface area contributed by atoms with E-state index in [-0.39, 0.29) is 19.6 Å². The Kier molecular flexibility index (Phi) is 8.18. The van der Waals surface area contributed by atoms with E-state index in [2.05, 4.69) is 0 Å². The number of hydrogen-bond donors (Lipinski definition) is 4. The monoisotopic (exact) mass is 332 g/mol. The van der Waals surface area contributed by atoms with Crippen LogP contribution in [0.5, 0.6) is 0 Å². The van der Waals surface area contributed by atoms with E-state index in [9.17, 15) is 9.59 Å². The number of hydrogen-bond acceptors (Lipinski definition) is 4. The minimum Gasteiger partial charge on any atom is -0.481 e. The van der Waals surface area contributed by atoms with Gasteiger partial charge < -0.3 is 20.4 Å². The molecule has 0 aliphatic heterocycles. The van der Waals surface area contributed by atoms with Crippen LogP contribution in [0.25, 0.3) is 0 Å². The molecule has 6 heteroatoms. The highest BCUT2D eigenvalue weighted by Crippen LogP contribution is 2.19. The van der Waals surface area contributed by atoms with Gasteiger partial charge in [-0.3, -0.25) is 9.59 Å². The fraction of sp³-hybridized carbons (Fsp3) is 0.222. The molecule has 0 aliphatic rings. The molecule has 2 aromatic carbocycles. The molecule has 2 rings (SSSR count). The smallest absolute Gasteiger partial charge is 0.311 e. The van der Waals surface area contributed by atoms with Crippen LogP contribution in [0.2, 0.25) is 0 Å². The minimum atomic E-state index is -1.11. The lowest BCUT2D eigenvalue weighted by molar-refractivity contribution is -0.145. The molecule has 0 aromatic heterocycles. The molecule has 0 spiro atoms. The Labute approximate surface area is 139 Å². The van der Waals surface area contributed by atoms with Gasteiger partial charge in [-0.25, -0.2) is 0 Å². The van der Waals surface area contributed by atoms with Crippen molar-refractivity contribution in [1.29, 1.82) is 0 Å². The van der Waals surface area contributed by atoms with Crippen molar-refractivity contribution >= 4 is 11.9 Å². The number of carboxylic acids is 2. The number of benzene rings is 2. The van der Waals surface area contributed by atoms with Crippen LogP contribution >= 0.6 is 0 Å². The summed E-state index contributed by atoms with van der Waals surface area (Å²) in [5.41, 5.74) is 2.26. The second-order valence-electron chi connectivity index (χ2n) is 5.03. The molecular weight excluding hydrogens is 312 g/mol. The zero-order chi connectivity index (χ0) is 17.9. The highest BCUT2D eigenvalue weighted by molar-refractivity contribution is 5.82. The molecule has 0 radical (unpaired) electrons. The molecule has 4 N–H and O–H groups in total. The van der Waals surface area contributed by atoms with Crippen molar-refractivity contribution in [3.8, 4) is 0 Å². The SMILES string of the molecule is O=C(O)CC(C(=O)O)c1ccccc1.OCc1ccc(CO)cc1. The average Bonchev–Trinajstić information content (AvgIpc) is 2.60. The van der Waals surface area contributed by atoms with E-state index in [0.717, 1.165) is 11.1 Å². The summed E-state index contributed by atoms with van der Waals surface area (Å²) < 4.78 is 0. The Morgan fingerprint density at radius 3 is 1.58 bits per heavy atom. The summed E-state index contributed by atoms with van der Waals surface area (Å²) in [5.74, 6) is -3.19. The summed E-state index contributed by atoms with van der Waals surface area (Å²) in [4.78, 5) is 21.2. The second kappa shape index (κ2) is 10.1. The number of aliphatic carboxylic acids is 2. The van der Waals surface area contributed by atoms with Gasteiger partial charge in [0, 0.05) is 0 Å². The summed E-state index contributed by atoms with van der Waals surface area (Å²) in [5, 5.41) is 34.6.